The SMILES string of the molecule is Cc1ccc(C(=O)NCC(C)CO)o1. The van der Waals surface area contributed by atoms with E-state index < -0.39 is 0 Å². The zero-order valence-corrected chi connectivity index (χ0v) is 8.41. The van der Waals surface area contributed by atoms with Crippen molar-refractivity contribution in [2.45, 2.75) is 13.8 Å². The monoisotopic (exact) mass is 197 g/mol. The molecule has 2 N–H and O–H groups in total. The Balaban J connectivity index is 2.43. The van der Waals surface area contributed by atoms with E-state index in [0.717, 1.165) is 0 Å². The first kappa shape index (κ1) is 10.8. The number of aliphatic hydroxyl groups is 1. The highest BCUT2D eigenvalue weighted by Gasteiger charge is 2.10. The quantitative estimate of drug-likeness (QED) is 0.755. The number of carbonyl (C=O) groups excluding carboxylic acids is 1. The number of aliphatic hydroxyl groups excluding tert-OH is 1. The fraction of sp³-hybridized carbons (Fsp3) is 0.500. The molecule has 0 aliphatic heterocycles. The highest BCUT2D eigenvalue weighted by molar-refractivity contribution is 5.91. The van der Waals surface area contributed by atoms with Gasteiger partial charge in [-0.25, -0.2) is 0 Å². The Hall–Kier alpha value is -1.29. The summed E-state index contributed by atoms with van der Waals surface area (Å²) in [6.07, 6.45) is 0. The van der Waals surface area contributed by atoms with Crippen LogP contribution in [-0.4, -0.2) is 24.2 Å². The Morgan fingerprint density at radius 2 is 2.36 bits per heavy atom. The van der Waals surface area contributed by atoms with Crippen molar-refractivity contribution in [2.75, 3.05) is 13.2 Å². The van der Waals surface area contributed by atoms with Crippen molar-refractivity contribution in [3.63, 3.8) is 0 Å². The third-order valence-electron chi connectivity index (χ3n) is 1.89. The van der Waals surface area contributed by atoms with Gasteiger partial charge in [-0.2, -0.15) is 0 Å². The van der Waals surface area contributed by atoms with Crippen molar-refractivity contribution in [3.8, 4) is 0 Å². The van der Waals surface area contributed by atoms with Gasteiger partial charge in [0.05, 0.1) is 0 Å². The van der Waals surface area contributed by atoms with E-state index in [9.17, 15) is 4.79 Å². The Labute approximate surface area is 82.9 Å². The molecule has 0 bridgehead atoms. The molecule has 0 spiro atoms. The first-order valence-electron chi connectivity index (χ1n) is 4.59. The van der Waals surface area contributed by atoms with Gasteiger partial charge < -0.3 is 14.8 Å². The number of rotatable bonds is 4. The summed E-state index contributed by atoms with van der Waals surface area (Å²) in [7, 11) is 0. The third kappa shape index (κ3) is 2.88. The van der Waals surface area contributed by atoms with Gasteiger partial charge in [-0.05, 0) is 25.0 Å². The van der Waals surface area contributed by atoms with Gasteiger partial charge in [-0.3, -0.25) is 4.79 Å². The number of aryl methyl sites for hydroxylation is 1. The second-order valence-corrected chi connectivity index (χ2v) is 3.41. The molecule has 1 rings (SSSR count). The van der Waals surface area contributed by atoms with Crippen molar-refractivity contribution < 1.29 is 14.3 Å². The molecule has 1 amide bonds. The lowest BCUT2D eigenvalue weighted by Crippen LogP contribution is -2.29. The third-order valence-corrected chi connectivity index (χ3v) is 1.89. The molecule has 0 fully saturated rings. The van der Waals surface area contributed by atoms with Gasteiger partial charge in [-0.15, -0.1) is 0 Å². The molecule has 1 aromatic rings. The Morgan fingerprint density at radius 3 is 2.86 bits per heavy atom. The van der Waals surface area contributed by atoms with Crippen molar-refractivity contribution in [1.29, 1.82) is 0 Å². The predicted octanol–water partition coefficient (Wildman–Crippen LogP) is 0.946. The minimum absolute atomic E-state index is 0.0648. The summed E-state index contributed by atoms with van der Waals surface area (Å²) in [5.74, 6) is 0.853. The molecule has 1 atom stereocenters. The van der Waals surface area contributed by atoms with Crippen LogP contribution in [0.25, 0.3) is 0 Å². The lowest BCUT2D eigenvalue weighted by molar-refractivity contribution is 0.0913. The minimum Gasteiger partial charge on any atom is -0.456 e. The Morgan fingerprint density at radius 1 is 1.64 bits per heavy atom. The van der Waals surface area contributed by atoms with Crippen LogP contribution in [0.4, 0.5) is 0 Å². The van der Waals surface area contributed by atoms with Gasteiger partial charge in [0.15, 0.2) is 5.76 Å². The predicted molar refractivity (Wildman–Crippen MR) is 52.0 cm³/mol. The molecule has 0 saturated heterocycles. The zero-order chi connectivity index (χ0) is 10.6. The molecule has 0 aliphatic rings. The summed E-state index contributed by atoms with van der Waals surface area (Å²) in [5.41, 5.74) is 0. The number of amides is 1. The van der Waals surface area contributed by atoms with Crippen LogP contribution in [0.2, 0.25) is 0 Å². The van der Waals surface area contributed by atoms with E-state index in [1.54, 1.807) is 19.1 Å². The van der Waals surface area contributed by atoms with Gasteiger partial charge in [0, 0.05) is 13.2 Å². The van der Waals surface area contributed by atoms with Crippen LogP contribution >= 0.6 is 0 Å². The van der Waals surface area contributed by atoms with Crippen LogP contribution in [0.5, 0.6) is 0 Å². The molecule has 4 heteroatoms. The maximum absolute atomic E-state index is 11.4. The van der Waals surface area contributed by atoms with Gasteiger partial charge in [0.2, 0.25) is 0 Å². The summed E-state index contributed by atoms with van der Waals surface area (Å²) in [5, 5.41) is 11.4. The van der Waals surface area contributed by atoms with Crippen LogP contribution in [0.3, 0.4) is 0 Å². The lowest BCUT2D eigenvalue weighted by atomic mass is 10.2. The number of carbonyl (C=O) groups is 1. The number of hydrogen-bond donors (Lipinski definition) is 2. The first-order chi connectivity index (χ1) is 6.63. The van der Waals surface area contributed by atoms with Crippen LogP contribution < -0.4 is 5.32 Å². The lowest BCUT2D eigenvalue weighted by Gasteiger charge is -2.07. The largest absolute Gasteiger partial charge is 0.456 e. The molecule has 0 radical (unpaired) electrons. The molecule has 0 aliphatic carbocycles. The second kappa shape index (κ2) is 4.81. The number of furan rings is 1. The van der Waals surface area contributed by atoms with Crippen molar-refractivity contribution in [3.05, 3.63) is 23.7 Å². The molecule has 4 nitrogen and oxygen atoms in total. The fourth-order valence-corrected chi connectivity index (χ4v) is 0.975. The summed E-state index contributed by atoms with van der Waals surface area (Å²) in [6.45, 7) is 4.16. The van der Waals surface area contributed by atoms with E-state index in [1.165, 1.54) is 0 Å². The van der Waals surface area contributed by atoms with E-state index in [-0.39, 0.29) is 18.4 Å². The molecule has 1 unspecified atom stereocenters. The molecular weight excluding hydrogens is 182 g/mol. The number of nitrogens with one attached hydrogen (secondary N) is 1. The highest BCUT2D eigenvalue weighted by atomic mass is 16.3. The Bertz CT molecular complexity index is 306. The maximum atomic E-state index is 11.4. The standard InChI is InChI=1S/C10H15NO3/c1-7(6-12)5-11-10(13)9-4-3-8(2)14-9/h3-4,7,12H,5-6H2,1-2H3,(H,11,13). The van der Waals surface area contributed by atoms with Crippen molar-refractivity contribution in [1.82, 2.24) is 5.32 Å². The summed E-state index contributed by atoms with van der Waals surface area (Å²) in [6, 6.07) is 3.37. The smallest absolute Gasteiger partial charge is 0.287 e. The molecular formula is C10H15NO3. The molecule has 0 saturated carbocycles. The van der Waals surface area contributed by atoms with Gasteiger partial charge in [0.1, 0.15) is 5.76 Å². The van der Waals surface area contributed by atoms with E-state index in [1.807, 2.05) is 6.92 Å². The minimum atomic E-state index is -0.238. The zero-order valence-electron chi connectivity index (χ0n) is 8.41. The van der Waals surface area contributed by atoms with E-state index in [4.69, 9.17) is 9.52 Å². The Kier molecular flexibility index (Phi) is 3.71. The summed E-state index contributed by atoms with van der Waals surface area (Å²) >= 11 is 0. The maximum Gasteiger partial charge on any atom is 0.287 e. The number of hydrogen-bond acceptors (Lipinski definition) is 3. The molecule has 0 aromatic carbocycles. The topological polar surface area (TPSA) is 62.5 Å². The van der Waals surface area contributed by atoms with Crippen LogP contribution in [0.1, 0.15) is 23.2 Å². The second-order valence-electron chi connectivity index (χ2n) is 3.41. The van der Waals surface area contributed by atoms with Gasteiger partial charge in [-0.1, -0.05) is 6.92 Å². The van der Waals surface area contributed by atoms with Crippen molar-refractivity contribution in [2.24, 2.45) is 5.92 Å². The van der Waals surface area contributed by atoms with Gasteiger partial charge >= 0.3 is 0 Å². The summed E-state index contributed by atoms with van der Waals surface area (Å²) < 4.78 is 5.14. The van der Waals surface area contributed by atoms with E-state index in [2.05, 4.69) is 5.32 Å². The average molecular weight is 197 g/mol. The molecule has 1 heterocycles. The van der Waals surface area contributed by atoms with Crippen LogP contribution in [-0.2, 0) is 0 Å². The van der Waals surface area contributed by atoms with Gasteiger partial charge in [0.25, 0.3) is 5.91 Å². The van der Waals surface area contributed by atoms with E-state index in [0.29, 0.717) is 18.1 Å². The molecule has 14 heavy (non-hydrogen) atoms. The van der Waals surface area contributed by atoms with E-state index >= 15 is 0 Å². The van der Waals surface area contributed by atoms with Crippen molar-refractivity contribution >= 4 is 5.91 Å². The van der Waals surface area contributed by atoms with Crippen LogP contribution in [0, 0.1) is 12.8 Å². The summed E-state index contributed by atoms with van der Waals surface area (Å²) in [4.78, 5) is 11.4. The highest BCUT2D eigenvalue weighted by Crippen LogP contribution is 2.05. The fourth-order valence-electron chi connectivity index (χ4n) is 0.975. The molecule has 1 aromatic heterocycles. The first-order valence-corrected chi connectivity index (χ1v) is 4.59. The normalized spacial score (nSPS) is 12.5. The molecule has 78 valence electrons. The van der Waals surface area contributed by atoms with Crippen LogP contribution in [0.15, 0.2) is 16.5 Å². The average Bonchev–Trinajstić information content (AvgIpc) is 2.60.